The molecule has 0 spiro atoms. The van der Waals surface area contributed by atoms with Crippen molar-refractivity contribution in [1.29, 1.82) is 0 Å². The van der Waals surface area contributed by atoms with E-state index in [1.165, 1.54) is 0 Å². The van der Waals surface area contributed by atoms with E-state index in [-0.39, 0.29) is 0 Å². The summed E-state index contributed by atoms with van der Waals surface area (Å²) < 4.78 is 12.9. The Balaban J connectivity index is 2.06. The van der Waals surface area contributed by atoms with Gasteiger partial charge in [0.1, 0.15) is 24.7 Å². The molecule has 1 aliphatic heterocycles. The highest BCUT2D eigenvalue weighted by Gasteiger charge is 2.19. The number of halogens is 1. The summed E-state index contributed by atoms with van der Waals surface area (Å²) >= 11 is 6.22. The molecule has 0 aliphatic carbocycles. The average molecular weight is 292 g/mol. The number of nitrogens with zero attached hydrogens (tertiary/aromatic N) is 2. The largest absolute Gasteiger partial charge is 0.486 e. The van der Waals surface area contributed by atoms with Crippen LogP contribution >= 0.6 is 11.6 Å². The third-order valence-corrected chi connectivity index (χ3v) is 3.36. The Morgan fingerprint density at radius 1 is 1.40 bits per heavy atom. The van der Waals surface area contributed by atoms with Crippen molar-refractivity contribution in [3.8, 4) is 22.8 Å². The second kappa shape index (κ2) is 5.09. The monoisotopic (exact) mass is 291 g/mol. The lowest BCUT2D eigenvalue weighted by atomic mass is 10.1. The van der Waals surface area contributed by atoms with Crippen LogP contribution in [0.3, 0.4) is 0 Å². The number of fused-ring (bicyclic) bond motifs is 1. The zero-order valence-electron chi connectivity index (χ0n) is 10.8. The smallest absolute Gasteiger partial charge is 0.179 e. The lowest BCUT2D eigenvalue weighted by Crippen LogP contribution is -2.15. The van der Waals surface area contributed by atoms with Gasteiger partial charge in [0.2, 0.25) is 0 Å². The summed E-state index contributed by atoms with van der Waals surface area (Å²) in [4.78, 5) is 4.33. The van der Waals surface area contributed by atoms with Gasteiger partial charge in [-0.05, 0) is 12.1 Å². The van der Waals surface area contributed by atoms with Crippen LogP contribution in [0.1, 0.15) is 0 Å². The molecule has 2 N–H and O–H groups in total. The second-order valence-electron chi connectivity index (χ2n) is 4.40. The predicted octanol–water partition coefficient (Wildman–Crippen LogP) is 2.74. The summed E-state index contributed by atoms with van der Waals surface area (Å²) in [6, 6.07) is 3.63. The molecule has 0 bridgehead atoms. The number of hydrogen-bond donors (Lipinski definition) is 1. The SMILES string of the molecule is C=CCn1cnc(-c2cc(Cl)c3c(c2)OCCO3)c1N. The number of anilines is 1. The Hall–Kier alpha value is -2.14. The molecule has 3 rings (SSSR count). The van der Waals surface area contributed by atoms with Gasteiger partial charge in [-0.15, -0.1) is 6.58 Å². The zero-order chi connectivity index (χ0) is 14.1. The Kier molecular flexibility index (Phi) is 3.28. The Bertz CT molecular complexity index is 667. The number of nitrogens with two attached hydrogens (primary N) is 1. The summed E-state index contributed by atoms with van der Waals surface area (Å²) in [5, 5.41) is 0.495. The Labute approximate surface area is 121 Å². The number of imidazole rings is 1. The molecule has 0 atom stereocenters. The van der Waals surface area contributed by atoms with Crippen molar-refractivity contribution >= 4 is 17.4 Å². The van der Waals surface area contributed by atoms with Crippen LogP contribution < -0.4 is 15.2 Å². The van der Waals surface area contributed by atoms with Gasteiger partial charge in [-0.25, -0.2) is 4.98 Å². The lowest BCUT2D eigenvalue weighted by molar-refractivity contribution is 0.172. The van der Waals surface area contributed by atoms with Crippen LogP contribution in [0.2, 0.25) is 5.02 Å². The van der Waals surface area contributed by atoms with Crippen LogP contribution in [0.4, 0.5) is 5.82 Å². The minimum atomic E-state index is 0.495. The summed E-state index contributed by atoms with van der Waals surface area (Å²) in [5.74, 6) is 1.76. The topological polar surface area (TPSA) is 62.3 Å². The zero-order valence-corrected chi connectivity index (χ0v) is 11.6. The van der Waals surface area contributed by atoms with Gasteiger partial charge in [0.15, 0.2) is 11.5 Å². The third-order valence-electron chi connectivity index (χ3n) is 3.07. The molecule has 104 valence electrons. The number of allylic oxidation sites excluding steroid dienone is 1. The molecule has 0 unspecified atom stereocenters. The molecule has 0 fully saturated rings. The first-order valence-corrected chi connectivity index (χ1v) is 6.59. The van der Waals surface area contributed by atoms with Gasteiger partial charge in [-0.3, -0.25) is 0 Å². The normalized spacial score (nSPS) is 13.2. The quantitative estimate of drug-likeness (QED) is 0.883. The number of ether oxygens (including phenoxy) is 2. The highest BCUT2D eigenvalue weighted by atomic mass is 35.5. The standard InChI is InChI=1S/C14H14ClN3O2/c1-2-3-18-8-17-12(14(18)16)9-6-10(15)13-11(7-9)19-4-5-20-13/h2,6-8H,1,3-5,16H2. The van der Waals surface area contributed by atoms with Crippen molar-refractivity contribution in [2.45, 2.75) is 6.54 Å². The maximum absolute atomic E-state index is 6.22. The van der Waals surface area contributed by atoms with Crippen LogP contribution in [0.5, 0.6) is 11.5 Å². The molecule has 1 aromatic carbocycles. The van der Waals surface area contributed by atoms with E-state index in [9.17, 15) is 0 Å². The molecular formula is C14H14ClN3O2. The first-order chi connectivity index (χ1) is 9.70. The molecule has 0 saturated heterocycles. The highest BCUT2D eigenvalue weighted by molar-refractivity contribution is 6.32. The van der Waals surface area contributed by atoms with Crippen molar-refractivity contribution < 1.29 is 9.47 Å². The van der Waals surface area contributed by atoms with E-state index in [4.69, 9.17) is 26.8 Å². The van der Waals surface area contributed by atoms with Gasteiger partial charge in [-0.1, -0.05) is 17.7 Å². The molecule has 0 saturated carbocycles. The first-order valence-electron chi connectivity index (χ1n) is 6.21. The number of hydrogen-bond acceptors (Lipinski definition) is 4. The maximum Gasteiger partial charge on any atom is 0.179 e. The van der Waals surface area contributed by atoms with Gasteiger partial charge in [0.25, 0.3) is 0 Å². The number of benzene rings is 1. The number of aromatic nitrogens is 2. The summed E-state index contributed by atoms with van der Waals surface area (Å²) in [6.45, 7) is 5.31. The molecule has 5 nitrogen and oxygen atoms in total. The molecule has 1 aromatic heterocycles. The van der Waals surface area contributed by atoms with Crippen molar-refractivity contribution in [2.75, 3.05) is 18.9 Å². The predicted molar refractivity (Wildman–Crippen MR) is 78.3 cm³/mol. The third kappa shape index (κ3) is 2.10. The van der Waals surface area contributed by atoms with E-state index in [1.54, 1.807) is 18.5 Å². The molecule has 2 heterocycles. The van der Waals surface area contributed by atoms with E-state index < -0.39 is 0 Å². The minimum Gasteiger partial charge on any atom is -0.486 e. The first kappa shape index (κ1) is 12.9. The van der Waals surface area contributed by atoms with E-state index in [1.807, 2.05) is 10.6 Å². The van der Waals surface area contributed by atoms with E-state index >= 15 is 0 Å². The van der Waals surface area contributed by atoms with Crippen molar-refractivity contribution in [3.05, 3.63) is 36.1 Å². The highest BCUT2D eigenvalue weighted by Crippen LogP contribution is 2.41. The minimum absolute atomic E-state index is 0.495. The van der Waals surface area contributed by atoms with Crippen LogP contribution in [0.25, 0.3) is 11.3 Å². The molecule has 20 heavy (non-hydrogen) atoms. The molecule has 2 aromatic rings. The summed E-state index contributed by atoms with van der Waals surface area (Å²) in [7, 11) is 0. The molecular weight excluding hydrogens is 278 g/mol. The van der Waals surface area contributed by atoms with E-state index in [0.717, 1.165) is 5.56 Å². The van der Waals surface area contributed by atoms with Crippen LogP contribution in [-0.2, 0) is 6.54 Å². The summed E-state index contributed by atoms with van der Waals surface area (Å²) in [5.41, 5.74) is 7.56. The summed E-state index contributed by atoms with van der Waals surface area (Å²) in [6.07, 6.45) is 3.44. The Morgan fingerprint density at radius 2 is 2.20 bits per heavy atom. The lowest BCUT2D eigenvalue weighted by Gasteiger charge is -2.20. The van der Waals surface area contributed by atoms with Gasteiger partial charge < -0.3 is 19.8 Å². The van der Waals surface area contributed by atoms with Crippen molar-refractivity contribution in [1.82, 2.24) is 9.55 Å². The van der Waals surface area contributed by atoms with Gasteiger partial charge in [0.05, 0.1) is 11.3 Å². The molecule has 0 radical (unpaired) electrons. The van der Waals surface area contributed by atoms with Crippen LogP contribution in [-0.4, -0.2) is 22.8 Å². The fraction of sp³-hybridized carbons (Fsp3) is 0.214. The maximum atomic E-state index is 6.22. The van der Waals surface area contributed by atoms with Crippen LogP contribution in [0, 0.1) is 0 Å². The van der Waals surface area contributed by atoms with E-state index in [0.29, 0.717) is 47.8 Å². The average Bonchev–Trinajstić information content (AvgIpc) is 2.81. The van der Waals surface area contributed by atoms with Crippen molar-refractivity contribution in [3.63, 3.8) is 0 Å². The number of rotatable bonds is 3. The second-order valence-corrected chi connectivity index (χ2v) is 4.81. The van der Waals surface area contributed by atoms with Gasteiger partial charge >= 0.3 is 0 Å². The molecule has 1 aliphatic rings. The fourth-order valence-corrected chi connectivity index (χ4v) is 2.41. The van der Waals surface area contributed by atoms with Crippen LogP contribution in [0.15, 0.2) is 31.1 Å². The van der Waals surface area contributed by atoms with Gasteiger partial charge in [-0.2, -0.15) is 0 Å². The van der Waals surface area contributed by atoms with Gasteiger partial charge in [0, 0.05) is 12.1 Å². The Morgan fingerprint density at radius 3 is 3.00 bits per heavy atom. The molecule has 0 amide bonds. The van der Waals surface area contributed by atoms with E-state index in [2.05, 4.69) is 11.6 Å². The van der Waals surface area contributed by atoms with Crippen molar-refractivity contribution in [2.24, 2.45) is 0 Å². The number of nitrogen functional groups attached to an aromatic ring is 1. The fourth-order valence-electron chi connectivity index (χ4n) is 2.15. The molecule has 6 heteroatoms.